The van der Waals surface area contributed by atoms with E-state index in [2.05, 4.69) is 4.98 Å². The van der Waals surface area contributed by atoms with E-state index in [1.54, 1.807) is 54.2 Å². The largest absolute Gasteiger partial charge is 0.868 e. The lowest BCUT2D eigenvalue weighted by atomic mass is 9.95. The summed E-state index contributed by atoms with van der Waals surface area (Å²) in [6, 6.07) is 13.6. The second-order valence-corrected chi connectivity index (χ2v) is 8.48. The minimum atomic E-state index is -0.761. The number of hydrogen-bond acceptors (Lipinski definition) is 5. The number of thiophene rings is 1. The smallest absolute Gasteiger partial charge is 0.240 e. The Morgan fingerprint density at radius 3 is 2.58 bits per heavy atom. The quantitative estimate of drug-likeness (QED) is 0.535. The van der Waals surface area contributed by atoms with Crippen LogP contribution in [0.5, 0.6) is 5.75 Å². The van der Waals surface area contributed by atoms with Gasteiger partial charge >= 0.3 is 0 Å². The Bertz CT molecular complexity index is 1110. The van der Waals surface area contributed by atoms with Gasteiger partial charge in [0.25, 0.3) is 0 Å². The Kier molecular flexibility index (Phi) is 5.86. The van der Waals surface area contributed by atoms with Crippen LogP contribution in [-0.2, 0) is 11.3 Å². The van der Waals surface area contributed by atoms with Crippen LogP contribution in [0.4, 0.5) is 0 Å². The standard InChI is InChI=1S/C24H22N2O4S/c1-15(2)30-18-9-7-17(8-10-18)21-20(22(27)19-6-4-12-31-19)23(28)24(29)26(21)14-16-5-3-11-25-13-16/h3-13,15,21,28H,14H2,1-2H3. The number of Topliss-reactive ketones (excluding diaryl/α,β-unsaturated/α-hetero) is 1. The number of ether oxygens (including phenoxy) is 1. The monoisotopic (exact) mass is 434 g/mol. The molecule has 0 saturated carbocycles. The van der Waals surface area contributed by atoms with Crippen molar-refractivity contribution in [1.82, 2.24) is 4.90 Å². The van der Waals surface area contributed by atoms with Gasteiger partial charge in [0.1, 0.15) is 5.75 Å². The number of amides is 1. The molecule has 158 valence electrons. The van der Waals surface area contributed by atoms with Gasteiger partial charge in [-0.2, -0.15) is 0 Å². The highest BCUT2D eigenvalue weighted by Gasteiger charge is 2.39. The summed E-state index contributed by atoms with van der Waals surface area (Å²) in [6.45, 7) is 4.08. The zero-order valence-corrected chi connectivity index (χ0v) is 18.0. The van der Waals surface area contributed by atoms with Crippen molar-refractivity contribution >= 4 is 23.0 Å². The Labute approximate surface area is 184 Å². The Morgan fingerprint density at radius 2 is 1.97 bits per heavy atom. The van der Waals surface area contributed by atoms with Crippen molar-refractivity contribution in [3.05, 3.63) is 93.6 Å². The molecular formula is C24H22N2O4S. The second-order valence-electron chi connectivity index (χ2n) is 7.53. The Morgan fingerprint density at radius 1 is 1.19 bits per heavy atom. The third-order valence-electron chi connectivity index (χ3n) is 4.97. The van der Waals surface area contributed by atoms with Crippen LogP contribution < -0.4 is 14.8 Å². The number of ketones is 1. The van der Waals surface area contributed by atoms with Crippen molar-refractivity contribution in [2.24, 2.45) is 0 Å². The first kappa shape index (κ1) is 20.8. The summed E-state index contributed by atoms with van der Waals surface area (Å²) in [4.78, 5) is 31.1. The molecule has 0 aliphatic carbocycles. The first-order valence-corrected chi connectivity index (χ1v) is 10.9. The van der Waals surface area contributed by atoms with Crippen molar-refractivity contribution in [3.8, 4) is 5.75 Å². The highest BCUT2D eigenvalue weighted by molar-refractivity contribution is 7.12. The Balaban J connectivity index is 1.75. The first-order valence-electron chi connectivity index (χ1n) is 9.97. The highest BCUT2D eigenvalue weighted by Crippen LogP contribution is 2.40. The van der Waals surface area contributed by atoms with Gasteiger partial charge in [0.05, 0.1) is 23.6 Å². The molecule has 3 heterocycles. The fourth-order valence-corrected chi connectivity index (χ4v) is 4.32. The maximum Gasteiger partial charge on any atom is 0.240 e. The van der Waals surface area contributed by atoms with E-state index in [0.717, 1.165) is 5.56 Å². The first-order chi connectivity index (χ1) is 15.0. The molecule has 0 spiro atoms. The lowest BCUT2D eigenvalue weighted by Gasteiger charge is -2.27. The van der Waals surface area contributed by atoms with Crippen molar-refractivity contribution in [1.29, 1.82) is 0 Å². The summed E-state index contributed by atoms with van der Waals surface area (Å²) in [5, 5.41) is 14.7. The number of carbonyl (C=O) groups is 2. The zero-order chi connectivity index (χ0) is 22.0. The molecule has 1 aliphatic heterocycles. The molecule has 1 aliphatic rings. The number of H-pyrrole nitrogens is 1. The molecule has 1 amide bonds. The average Bonchev–Trinajstić information content (AvgIpc) is 3.38. The predicted octanol–water partition coefficient (Wildman–Crippen LogP) is 2.93. The third kappa shape index (κ3) is 4.22. The number of carbonyl (C=O) groups excluding carboxylic acids is 2. The van der Waals surface area contributed by atoms with Gasteiger partial charge in [-0.15, -0.1) is 11.3 Å². The second kappa shape index (κ2) is 8.73. The fourth-order valence-electron chi connectivity index (χ4n) is 3.65. The van der Waals surface area contributed by atoms with E-state index in [0.29, 0.717) is 16.2 Å². The van der Waals surface area contributed by atoms with Gasteiger partial charge in [0.2, 0.25) is 11.7 Å². The van der Waals surface area contributed by atoms with E-state index in [-0.39, 0.29) is 18.2 Å². The summed E-state index contributed by atoms with van der Waals surface area (Å²) in [6.07, 6.45) is 3.56. The van der Waals surface area contributed by atoms with Crippen LogP contribution in [0.25, 0.3) is 0 Å². The molecule has 0 bridgehead atoms. The SMILES string of the molecule is CC(C)Oc1ccc(C2C(C(=O)c3cccs3)=C([O-])C(=O)N2Cc2ccc[nH+]c2)cc1. The number of benzene rings is 1. The molecule has 2 aromatic heterocycles. The van der Waals surface area contributed by atoms with Crippen LogP contribution in [-0.4, -0.2) is 22.7 Å². The van der Waals surface area contributed by atoms with E-state index < -0.39 is 23.5 Å². The minimum absolute atomic E-state index is 0.00936. The average molecular weight is 435 g/mol. The summed E-state index contributed by atoms with van der Waals surface area (Å²) < 4.78 is 5.71. The van der Waals surface area contributed by atoms with Crippen LogP contribution in [0, 0.1) is 0 Å². The number of nitrogens with one attached hydrogen (secondary N) is 1. The molecule has 7 heteroatoms. The Hall–Kier alpha value is -3.45. The van der Waals surface area contributed by atoms with Crippen LogP contribution in [0.2, 0.25) is 0 Å². The number of aromatic nitrogens is 1. The maximum absolute atomic E-state index is 13.2. The van der Waals surface area contributed by atoms with Gasteiger partial charge in [0, 0.05) is 17.2 Å². The molecule has 4 rings (SSSR count). The van der Waals surface area contributed by atoms with Crippen molar-refractivity contribution in [2.75, 3.05) is 0 Å². The minimum Gasteiger partial charge on any atom is -0.868 e. The molecule has 1 N–H and O–H groups in total. The van der Waals surface area contributed by atoms with Crippen LogP contribution in [0.3, 0.4) is 0 Å². The molecule has 6 nitrogen and oxygen atoms in total. The summed E-state index contributed by atoms with van der Waals surface area (Å²) >= 11 is 1.26. The van der Waals surface area contributed by atoms with E-state index in [9.17, 15) is 14.7 Å². The normalized spacial score (nSPS) is 16.3. The van der Waals surface area contributed by atoms with Gasteiger partial charge in [0.15, 0.2) is 12.4 Å². The van der Waals surface area contributed by atoms with Gasteiger partial charge in [-0.1, -0.05) is 18.2 Å². The molecule has 0 saturated heterocycles. The molecule has 0 radical (unpaired) electrons. The van der Waals surface area contributed by atoms with Gasteiger partial charge in [-0.3, -0.25) is 9.59 Å². The van der Waals surface area contributed by atoms with Crippen molar-refractivity contribution in [3.63, 3.8) is 0 Å². The lowest BCUT2D eigenvalue weighted by Crippen LogP contribution is -2.32. The molecule has 1 atom stereocenters. The third-order valence-corrected chi connectivity index (χ3v) is 5.84. The molecule has 0 fully saturated rings. The van der Waals surface area contributed by atoms with Crippen molar-refractivity contribution < 1.29 is 24.4 Å². The molecule has 1 unspecified atom stereocenters. The lowest BCUT2D eigenvalue weighted by molar-refractivity contribution is -0.378. The molecule has 31 heavy (non-hydrogen) atoms. The fraction of sp³-hybridized carbons (Fsp3) is 0.208. The molecular weight excluding hydrogens is 412 g/mol. The predicted molar refractivity (Wildman–Crippen MR) is 114 cm³/mol. The number of pyridine rings is 1. The van der Waals surface area contributed by atoms with E-state index >= 15 is 0 Å². The van der Waals surface area contributed by atoms with Gasteiger partial charge in [-0.25, -0.2) is 4.98 Å². The summed E-state index contributed by atoms with van der Waals surface area (Å²) in [7, 11) is 0. The van der Waals surface area contributed by atoms with E-state index in [1.807, 2.05) is 26.0 Å². The van der Waals surface area contributed by atoms with Gasteiger partial charge in [-0.05, 0) is 54.8 Å². The van der Waals surface area contributed by atoms with Crippen LogP contribution in [0.1, 0.15) is 40.7 Å². The van der Waals surface area contributed by atoms with Crippen molar-refractivity contribution in [2.45, 2.75) is 32.5 Å². The number of hydrogen-bond donors (Lipinski definition) is 0. The molecule has 3 aromatic rings. The zero-order valence-electron chi connectivity index (χ0n) is 17.2. The van der Waals surface area contributed by atoms with E-state index in [4.69, 9.17) is 4.74 Å². The highest BCUT2D eigenvalue weighted by atomic mass is 32.1. The maximum atomic E-state index is 13.2. The van der Waals surface area contributed by atoms with Crippen LogP contribution >= 0.6 is 11.3 Å². The topological polar surface area (TPSA) is 83.8 Å². The number of aromatic amines is 1. The summed E-state index contributed by atoms with van der Waals surface area (Å²) in [5.41, 5.74) is 1.51. The van der Waals surface area contributed by atoms with Gasteiger partial charge < -0.3 is 14.7 Å². The summed E-state index contributed by atoms with van der Waals surface area (Å²) in [5.74, 6) is -1.13. The van der Waals surface area contributed by atoms with E-state index in [1.165, 1.54) is 16.2 Å². The molecule has 1 aromatic carbocycles. The number of nitrogens with zero attached hydrogens (tertiary/aromatic N) is 1. The number of rotatable bonds is 7. The van der Waals surface area contributed by atoms with Crippen LogP contribution in [0.15, 0.2) is 77.6 Å².